The number of rotatable bonds is 4. The van der Waals surface area contributed by atoms with Crippen molar-refractivity contribution in [3.8, 4) is 5.75 Å². The summed E-state index contributed by atoms with van der Waals surface area (Å²) >= 11 is 0. The summed E-state index contributed by atoms with van der Waals surface area (Å²) < 4.78 is 18.4. The minimum atomic E-state index is -0.258. The van der Waals surface area contributed by atoms with E-state index in [0.29, 0.717) is 18.3 Å². The van der Waals surface area contributed by atoms with Gasteiger partial charge in [-0.25, -0.2) is 4.39 Å². The van der Waals surface area contributed by atoms with Crippen molar-refractivity contribution >= 4 is 5.96 Å². The Labute approximate surface area is 106 Å². The lowest BCUT2D eigenvalue weighted by Gasteiger charge is -2.16. The summed E-state index contributed by atoms with van der Waals surface area (Å²) in [5, 5.41) is 6.40. The highest BCUT2D eigenvalue weighted by Gasteiger charge is 2.13. The summed E-state index contributed by atoms with van der Waals surface area (Å²) in [6.07, 6.45) is -0.0177. The first-order chi connectivity index (χ1) is 8.63. The molecule has 4 nitrogen and oxygen atoms in total. The Bertz CT molecular complexity index is 419. The largest absolute Gasteiger partial charge is 0.489 e. The molecule has 0 saturated heterocycles. The normalized spacial score (nSPS) is 19.9. The van der Waals surface area contributed by atoms with Crippen molar-refractivity contribution in [3.05, 3.63) is 30.1 Å². The zero-order chi connectivity index (χ0) is 13.0. The molecule has 98 valence electrons. The molecule has 1 aliphatic rings. The topological polar surface area (TPSA) is 45.7 Å². The fourth-order valence-corrected chi connectivity index (χ4v) is 1.69. The van der Waals surface area contributed by atoms with Crippen LogP contribution in [0.15, 0.2) is 29.3 Å². The predicted octanol–water partition coefficient (Wildman–Crippen LogP) is 1.53. The number of nitrogens with zero attached hydrogens (tertiary/aromatic N) is 1. The van der Waals surface area contributed by atoms with E-state index in [0.717, 1.165) is 12.5 Å². The Morgan fingerprint density at radius 2 is 2.22 bits per heavy atom. The number of halogens is 1. The van der Waals surface area contributed by atoms with Crippen LogP contribution in [0.4, 0.5) is 4.39 Å². The third-order valence-corrected chi connectivity index (χ3v) is 2.61. The molecule has 0 aromatic heterocycles. The van der Waals surface area contributed by atoms with Gasteiger partial charge in [0.25, 0.3) is 0 Å². The molecule has 2 unspecified atom stereocenters. The molecule has 0 amide bonds. The third kappa shape index (κ3) is 3.61. The maximum atomic E-state index is 12.7. The van der Waals surface area contributed by atoms with Crippen molar-refractivity contribution in [3.63, 3.8) is 0 Å². The van der Waals surface area contributed by atoms with E-state index in [1.54, 1.807) is 12.1 Å². The lowest BCUT2D eigenvalue weighted by atomic mass is 10.3. The van der Waals surface area contributed by atoms with Crippen LogP contribution < -0.4 is 15.4 Å². The standard InChI is InChI=1S/C13H18FN3O/c1-9-7-15-13(17-9)16-8-10(2)18-12-5-3-11(14)4-6-12/h3-6,9-10H,7-8H2,1-2H3,(H2,15,16,17). The maximum absolute atomic E-state index is 12.7. The SMILES string of the molecule is CC1CN=C(NCC(C)Oc2ccc(F)cc2)N1. The molecule has 0 spiro atoms. The van der Waals surface area contributed by atoms with Crippen LogP contribution in [0.1, 0.15) is 13.8 Å². The van der Waals surface area contributed by atoms with Gasteiger partial charge in [0.1, 0.15) is 17.7 Å². The molecule has 2 rings (SSSR count). The summed E-state index contributed by atoms with van der Waals surface area (Å²) in [6.45, 7) is 5.48. The van der Waals surface area contributed by atoms with Crippen LogP contribution in [-0.4, -0.2) is 31.2 Å². The van der Waals surface area contributed by atoms with Crippen molar-refractivity contribution < 1.29 is 9.13 Å². The second-order valence-corrected chi connectivity index (χ2v) is 4.50. The molecule has 1 aromatic rings. The van der Waals surface area contributed by atoms with Gasteiger partial charge >= 0.3 is 0 Å². The number of hydrogen-bond acceptors (Lipinski definition) is 4. The van der Waals surface area contributed by atoms with Crippen molar-refractivity contribution in [1.82, 2.24) is 10.6 Å². The number of hydrogen-bond donors (Lipinski definition) is 2. The van der Waals surface area contributed by atoms with Gasteiger partial charge in [0.15, 0.2) is 5.96 Å². The van der Waals surface area contributed by atoms with E-state index in [9.17, 15) is 4.39 Å². The van der Waals surface area contributed by atoms with Gasteiger partial charge in [0.05, 0.1) is 13.1 Å². The fourth-order valence-electron chi connectivity index (χ4n) is 1.69. The van der Waals surface area contributed by atoms with Gasteiger partial charge < -0.3 is 15.4 Å². The molecule has 0 bridgehead atoms. The van der Waals surface area contributed by atoms with Crippen LogP contribution >= 0.6 is 0 Å². The van der Waals surface area contributed by atoms with Gasteiger partial charge in [-0.3, -0.25) is 4.99 Å². The number of ether oxygens (including phenoxy) is 1. The highest BCUT2D eigenvalue weighted by atomic mass is 19.1. The lowest BCUT2D eigenvalue weighted by molar-refractivity contribution is 0.223. The summed E-state index contributed by atoms with van der Waals surface area (Å²) in [7, 11) is 0. The number of benzene rings is 1. The lowest BCUT2D eigenvalue weighted by Crippen LogP contribution is -2.41. The van der Waals surface area contributed by atoms with Gasteiger partial charge in [-0.15, -0.1) is 0 Å². The Hall–Kier alpha value is -1.78. The fraction of sp³-hybridized carbons (Fsp3) is 0.462. The summed E-state index contributed by atoms with van der Waals surface area (Å²) in [5.41, 5.74) is 0. The Kier molecular flexibility index (Phi) is 4.02. The van der Waals surface area contributed by atoms with Crippen LogP contribution in [0, 0.1) is 5.82 Å². The molecule has 2 N–H and O–H groups in total. The molecule has 0 aliphatic carbocycles. The molecule has 1 aliphatic heterocycles. The van der Waals surface area contributed by atoms with E-state index in [2.05, 4.69) is 22.5 Å². The number of aliphatic imine (C=N–C) groups is 1. The van der Waals surface area contributed by atoms with Gasteiger partial charge in [-0.2, -0.15) is 0 Å². The van der Waals surface area contributed by atoms with E-state index in [1.165, 1.54) is 12.1 Å². The Morgan fingerprint density at radius 1 is 1.50 bits per heavy atom. The Morgan fingerprint density at radius 3 is 2.83 bits per heavy atom. The van der Waals surface area contributed by atoms with E-state index in [-0.39, 0.29) is 11.9 Å². The first kappa shape index (κ1) is 12.7. The molecule has 1 heterocycles. The van der Waals surface area contributed by atoms with Crippen molar-refractivity contribution in [2.75, 3.05) is 13.1 Å². The minimum Gasteiger partial charge on any atom is -0.489 e. The highest BCUT2D eigenvalue weighted by molar-refractivity contribution is 5.81. The smallest absolute Gasteiger partial charge is 0.191 e. The molecule has 18 heavy (non-hydrogen) atoms. The molecule has 5 heteroatoms. The van der Waals surface area contributed by atoms with E-state index >= 15 is 0 Å². The highest BCUT2D eigenvalue weighted by Crippen LogP contribution is 2.12. The van der Waals surface area contributed by atoms with Gasteiger partial charge in [0, 0.05) is 6.04 Å². The first-order valence-electron chi connectivity index (χ1n) is 6.10. The van der Waals surface area contributed by atoms with E-state index < -0.39 is 0 Å². The average Bonchev–Trinajstić information content (AvgIpc) is 2.76. The zero-order valence-electron chi connectivity index (χ0n) is 10.6. The minimum absolute atomic E-state index is 0.0177. The summed E-state index contributed by atoms with van der Waals surface area (Å²) in [6, 6.07) is 6.42. The number of nitrogens with one attached hydrogen (secondary N) is 2. The molecule has 0 radical (unpaired) electrons. The van der Waals surface area contributed by atoms with Crippen molar-refractivity contribution in [2.45, 2.75) is 26.0 Å². The molecular formula is C13H18FN3O. The van der Waals surface area contributed by atoms with Crippen LogP contribution in [-0.2, 0) is 0 Å². The molecule has 0 saturated carbocycles. The Balaban J connectivity index is 1.75. The van der Waals surface area contributed by atoms with Gasteiger partial charge in [-0.05, 0) is 38.1 Å². The van der Waals surface area contributed by atoms with E-state index in [1.807, 2.05) is 6.92 Å². The summed E-state index contributed by atoms with van der Waals surface area (Å²) in [4.78, 5) is 4.30. The van der Waals surface area contributed by atoms with Crippen LogP contribution in [0.5, 0.6) is 5.75 Å². The van der Waals surface area contributed by atoms with E-state index in [4.69, 9.17) is 4.74 Å². The zero-order valence-corrected chi connectivity index (χ0v) is 10.6. The van der Waals surface area contributed by atoms with Gasteiger partial charge in [0.2, 0.25) is 0 Å². The van der Waals surface area contributed by atoms with Crippen LogP contribution in [0.25, 0.3) is 0 Å². The second kappa shape index (κ2) is 5.71. The quantitative estimate of drug-likeness (QED) is 0.853. The maximum Gasteiger partial charge on any atom is 0.191 e. The van der Waals surface area contributed by atoms with Crippen LogP contribution in [0.3, 0.4) is 0 Å². The molecule has 0 fully saturated rings. The number of guanidine groups is 1. The van der Waals surface area contributed by atoms with Crippen molar-refractivity contribution in [1.29, 1.82) is 0 Å². The van der Waals surface area contributed by atoms with Crippen LogP contribution in [0.2, 0.25) is 0 Å². The first-order valence-corrected chi connectivity index (χ1v) is 6.10. The average molecular weight is 251 g/mol. The third-order valence-electron chi connectivity index (χ3n) is 2.61. The van der Waals surface area contributed by atoms with Gasteiger partial charge in [-0.1, -0.05) is 0 Å². The monoisotopic (exact) mass is 251 g/mol. The van der Waals surface area contributed by atoms with Crippen molar-refractivity contribution in [2.24, 2.45) is 4.99 Å². The summed E-state index contributed by atoms with van der Waals surface area (Å²) in [5.74, 6) is 1.23. The predicted molar refractivity (Wildman–Crippen MR) is 69.4 cm³/mol. The molecule has 1 aromatic carbocycles. The second-order valence-electron chi connectivity index (χ2n) is 4.50. The molecular weight excluding hydrogens is 233 g/mol. The molecule has 2 atom stereocenters.